The molecule has 1 aromatic heterocycles. The third-order valence-electron chi connectivity index (χ3n) is 5.61. The predicted octanol–water partition coefficient (Wildman–Crippen LogP) is 2.21. The van der Waals surface area contributed by atoms with Crippen molar-refractivity contribution in [2.24, 2.45) is 4.99 Å². The van der Waals surface area contributed by atoms with Gasteiger partial charge in [-0.05, 0) is 30.7 Å². The van der Waals surface area contributed by atoms with Crippen LogP contribution >= 0.6 is 11.3 Å². The predicted molar refractivity (Wildman–Crippen MR) is 118 cm³/mol. The highest BCUT2D eigenvalue weighted by Gasteiger charge is 2.26. The number of hydrogen-bond acceptors (Lipinski definition) is 6. The second-order valence-corrected chi connectivity index (χ2v) is 8.49. The highest BCUT2D eigenvalue weighted by molar-refractivity contribution is 7.10. The van der Waals surface area contributed by atoms with Crippen molar-refractivity contribution in [1.29, 1.82) is 0 Å². The molecule has 1 unspecified atom stereocenters. The molecule has 0 aliphatic carbocycles. The van der Waals surface area contributed by atoms with Crippen LogP contribution in [-0.4, -0.2) is 95.2 Å². The summed E-state index contributed by atoms with van der Waals surface area (Å²) < 4.78 is 16.6. The molecule has 29 heavy (non-hydrogen) atoms. The Balaban J connectivity index is 1.47. The highest BCUT2D eigenvalue weighted by Crippen LogP contribution is 2.25. The number of thiophene rings is 1. The summed E-state index contributed by atoms with van der Waals surface area (Å²) in [6.07, 6.45) is 3.41. The van der Waals surface area contributed by atoms with E-state index in [-0.39, 0.29) is 0 Å². The number of aliphatic imine (C=N–C) groups is 1. The van der Waals surface area contributed by atoms with Crippen molar-refractivity contribution in [2.75, 3.05) is 73.3 Å². The summed E-state index contributed by atoms with van der Waals surface area (Å²) in [6.45, 7) is 7.97. The number of methoxy groups -OCH3 is 1. The van der Waals surface area contributed by atoms with Crippen LogP contribution < -0.4 is 5.32 Å². The quantitative estimate of drug-likeness (QED) is 0.373. The van der Waals surface area contributed by atoms with Crippen molar-refractivity contribution in [1.82, 2.24) is 15.1 Å². The van der Waals surface area contributed by atoms with Crippen LogP contribution in [-0.2, 0) is 14.2 Å². The smallest absolute Gasteiger partial charge is 0.193 e. The van der Waals surface area contributed by atoms with E-state index >= 15 is 0 Å². The first kappa shape index (κ1) is 22.5. The van der Waals surface area contributed by atoms with Gasteiger partial charge in [0.15, 0.2) is 5.96 Å². The first-order chi connectivity index (χ1) is 14.3. The minimum Gasteiger partial charge on any atom is -0.385 e. The molecule has 7 nitrogen and oxygen atoms in total. The monoisotopic (exact) mass is 424 g/mol. The molecule has 0 saturated carbocycles. The zero-order valence-electron chi connectivity index (χ0n) is 17.8. The maximum Gasteiger partial charge on any atom is 0.193 e. The lowest BCUT2D eigenvalue weighted by Crippen LogP contribution is -2.50. The number of nitrogens with one attached hydrogen (secondary N) is 1. The summed E-state index contributed by atoms with van der Waals surface area (Å²) >= 11 is 1.83. The van der Waals surface area contributed by atoms with Gasteiger partial charge in [0.2, 0.25) is 0 Å². The summed E-state index contributed by atoms with van der Waals surface area (Å²) in [5.41, 5.74) is 0. The van der Waals surface area contributed by atoms with E-state index in [9.17, 15) is 0 Å². The maximum absolute atomic E-state index is 5.99. The van der Waals surface area contributed by atoms with Gasteiger partial charge in [0.1, 0.15) is 0 Å². The van der Waals surface area contributed by atoms with Crippen LogP contribution in [0.25, 0.3) is 0 Å². The first-order valence-corrected chi connectivity index (χ1v) is 11.6. The van der Waals surface area contributed by atoms with Crippen molar-refractivity contribution in [2.45, 2.75) is 31.4 Å². The molecule has 1 atom stereocenters. The summed E-state index contributed by atoms with van der Waals surface area (Å²) in [5.74, 6) is 0.998. The number of morpholine rings is 1. The molecule has 0 amide bonds. The number of rotatable bonds is 9. The van der Waals surface area contributed by atoms with Crippen LogP contribution in [0, 0.1) is 0 Å². The van der Waals surface area contributed by atoms with Gasteiger partial charge in [-0.1, -0.05) is 6.07 Å². The minimum absolute atomic E-state index is 0.355. The SMILES string of the molecule is CN=C(NCC(c1cccs1)N1CCOCC1)N1CCC(OCCCOC)CC1. The van der Waals surface area contributed by atoms with Crippen molar-refractivity contribution in [3.05, 3.63) is 22.4 Å². The minimum atomic E-state index is 0.355. The maximum atomic E-state index is 5.99. The van der Waals surface area contributed by atoms with Gasteiger partial charge in [-0.3, -0.25) is 9.89 Å². The third kappa shape index (κ3) is 6.93. The molecule has 3 rings (SSSR count). The summed E-state index contributed by atoms with van der Waals surface area (Å²) in [4.78, 5) is 10.8. The topological polar surface area (TPSA) is 58.6 Å². The Morgan fingerprint density at radius 1 is 1.28 bits per heavy atom. The van der Waals surface area contributed by atoms with E-state index in [1.165, 1.54) is 4.88 Å². The molecule has 1 aromatic rings. The Kier molecular flexibility index (Phi) is 9.69. The van der Waals surface area contributed by atoms with E-state index in [1.807, 2.05) is 18.4 Å². The van der Waals surface area contributed by atoms with Gasteiger partial charge in [-0.15, -0.1) is 11.3 Å². The Labute approximate surface area is 179 Å². The van der Waals surface area contributed by atoms with Crippen LogP contribution in [0.5, 0.6) is 0 Å². The normalized spacial score (nSPS) is 20.8. The lowest BCUT2D eigenvalue weighted by atomic mass is 10.1. The Hall–Kier alpha value is -1.19. The zero-order chi connectivity index (χ0) is 20.3. The number of ether oxygens (including phenoxy) is 3. The number of hydrogen-bond donors (Lipinski definition) is 1. The summed E-state index contributed by atoms with van der Waals surface area (Å²) in [7, 11) is 3.61. The molecule has 3 heterocycles. The van der Waals surface area contributed by atoms with Crippen molar-refractivity contribution in [3.8, 4) is 0 Å². The summed E-state index contributed by atoms with van der Waals surface area (Å²) in [5, 5.41) is 5.80. The highest BCUT2D eigenvalue weighted by atomic mass is 32.1. The Morgan fingerprint density at radius 2 is 2.07 bits per heavy atom. The van der Waals surface area contributed by atoms with Gasteiger partial charge < -0.3 is 24.4 Å². The molecule has 0 spiro atoms. The van der Waals surface area contributed by atoms with Crippen LogP contribution in [0.4, 0.5) is 0 Å². The lowest BCUT2D eigenvalue weighted by Gasteiger charge is -2.37. The molecule has 2 aliphatic heterocycles. The van der Waals surface area contributed by atoms with Gasteiger partial charge in [0.25, 0.3) is 0 Å². The fourth-order valence-corrected chi connectivity index (χ4v) is 4.85. The van der Waals surface area contributed by atoms with Gasteiger partial charge in [-0.2, -0.15) is 0 Å². The van der Waals surface area contributed by atoms with E-state index in [0.717, 1.165) is 84.4 Å². The molecule has 0 radical (unpaired) electrons. The molecule has 1 N–H and O–H groups in total. The van der Waals surface area contributed by atoms with Gasteiger partial charge in [0.05, 0.1) is 25.4 Å². The number of likely N-dealkylation sites (tertiary alicyclic amines) is 1. The van der Waals surface area contributed by atoms with Crippen LogP contribution in [0.1, 0.15) is 30.2 Å². The molecule has 164 valence electrons. The first-order valence-electron chi connectivity index (χ1n) is 10.7. The fourth-order valence-electron chi connectivity index (χ4n) is 3.99. The molecule has 2 fully saturated rings. The van der Waals surface area contributed by atoms with E-state index in [4.69, 9.17) is 14.2 Å². The largest absolute Gasteiger partial charge is 0.385 e. The number of guanidine groups is 1. The van der Waals surface area contributed by atoms with E-state index in [1.54, 1.807) is 7.11 Å². The molecule has 0 bridgehead atoms. The van der Waals surface area contributed by atoms with Crippen molar-refractivity contribution < 1.29 is 14.2 Å². The fraction of sp³-hybridized carbons (Fsp3) is 0.762. The van der Waals surface area contributed by atoms with Crippen LogP contribution in [0.3, 0.4) is 0 Å². The average Bonchev–Trinajstić information content (AvgIpc) is 3.30. The Bertz CT molecular complexity index is 585. The van der Waals surface area contributed by atoms with E-state index in [0.29, 0.717) is 12.1 Å². The van der Waals surface area contributed by atoms with Gasteiger partial charge in [-0.25, -0.2) is 0 Å². The molecule has 8 heteroatoms. The molecule has 2 saturated heterocycles. The average molecular weight is 425 g/mol. The molecular formula is C21H36N4O3S. The van der Waals surface area contributed by atoms with Gasteiger partial charge in [0, 0.05) is 65.0 Å². The lowest BCUT2D eigenvalue weighted by molar-refractivity contribution is 0.00934. The molecule has 2 aliphatic rings. The Morgan fingerprint density at radius 3 is 2.72 bits per heavy atom. The van der Waals surface area contributed by atoms with E-state index in [2.05, 4.69) is 37.6 Å². The third-order valence-corrected chi connectivity index (χ3v) is 6.58. The van der Waals surface area contributed by atoms with E-state index < -0.39 is 0 Å². The standard InChI is InChI=1S/C21H36N4O3S/c1-22-21(25-8-6-18(7-9-25)28-13-4-12-26-2)23-17-19(20-5-3-16-29-20)24-10-14-27-15-11-24/h3,5,16,18-19H,4,6-15,17H2,1-2H3,(H,22,23). The van der Waals surface area contributed by atoms with Crippen molar-refractivity contribution >= 4 is 17.3 Å². The van der Waals surface area contributed by atoms with Gasteiger partial charge >= 0.3 is 0 Å². The number of nitrogens with zero attached hydrogens (tertiary/aromatic N) is 3. The number of piperidine rings is 1. The second kappa shape index (κ2) is 12.5. The summed E-state index contributed by atoms with van der Waals surface area (Å²) in [6, 6.07) is 4.73. The van der Waals surface area contributed by atoms with Crippen LogP contribution in [0.15, 0.2) is 22.5 Å². The van der Waals surface area contributed by atoms with Crippen LogP contribution in [0.2, 0.25) is 0 Å². The second-order valence-electron chi connectivity index (χ2n) is 7.51. The molecule has 0 aromatic carbocycles. The zero-order valence-corrected chi connectivity index (χ0v) is 18.7. The molecular weight excluding hydrogens is 388 g/mol. The van der Waals surface area contributed by atoms with Crippen molar-refractivity contribution in [3.63, 3.8) is 0 Å².